The van der Waals surface area contributed by atoms with E-state index < -0.39 is 11.4 Å². The second-order valence-corrected chi connectivity index (χ2v) is 5.50. The summed E-state index contributed by atoms with van der Waals surface area (Å²) in [6, 6.07) is 8.90. The van der Waals surface area contributed by atoms with Gasteiger partial charge in [0.1, 0.15) is 11.5 Å². The van der Waals surface area contributed by atoms with Crippen LogP contribution in [0.25, 0.3) is 16.6 Å². The van der Waals surface area contributed by atoms with Gasteiger partial charge in [-0.1, -0.05) is 41.9 Å². The predicted octanol–water partition coefficient (Wildman–Crippen LogP) is 4.43. The summed E-state index contributed by atoms with van der Waals surface area (Å²) >= 11 is 11.9. The Labute approximate surface area is 135 Å². The van der Waals surface area contributed by atoms with E-state index >= 15 is 0 Å². The third kappa shape index (κ3) is 2.63. The fourth-order valence-electron chi connectivity index (χ4n) is 2.10. The molecule has 0 aliphatic carbocycles. The summed E-state index contributed by atoms with van der Waals surface area (Å²) in [7, 11) is 0. The zero-order chi connectivity index (χ0) is 15.9. The first-order chi connectivity index (χ1) is 10.5. The van der Waals surface area contributed by atoms with E-state index in [2.05, 4.69) is 16.5 Å². The van der Waals surface area contributed by atoms with Crippen molar-refractivity contribution < 1.29 is 4.39 Å². The number of fused-ring (bicyclic) bond motifs is 1. The van der Waals surface area contributed by atoms with Crippen LogP contribution in [0.1, 0.15) is 11.3 Å². The highest BCUT2D eigenvalue weighted by Gasteiger charge is 2.12. The number of nitrogens with zero attached hydrogens (tertiary/aromatic N) is 1. The number of aromatic amines is 1. The molecule has 0 spiro atoms. The van der Waals surface area contributed by atoms with Crippen molar-refractivity contribution in [2.45, 2.75) is 0 Å². The molecule has 3 aromatic rings. The monoisotopic (exact) mass is 334 g/mol. The summed E-state index contributed by atoms with van der Waals surface area (Å²) in [5.41, 5.74) is 1.43. The van der Waals surface area contributed by atoms with Crippen LogP contribution in [0.2, 0.25) is 10.0 Å². The van der Waals surface area contributed by atoms with E-state index in [1.165, 1.54) is 18.2 Å². The zero-order valence-corrected chi connectivity index (χ0v) is 12.7. The van der Waals surface area contributed by atoms with Gasteiger partial charge in [-0.3, -0.25) is 4.79 Å². The number of halogens is 3. The van der Waals surface area contributed by atoms with Gasteiger partial charge in [0.2, 0.25) is 0 Å². The van der Waals surface area contributed by atoms with Crippen LogP contribution in [0.3, 0.4) is 0 Å². The summed E-state index contributed by atoms with van der Waals surface area (Å²) in [4.78, 5) is 19.1. The molecule has 0 aliphatic heterocycles. The molecule has 3 nitrogen and oxygen atoms in total. The molecule has 0 bridgehead atoms. The van der Waals surface area contributed by atoms with E-state index in [1.54, 1.807) is 18.2 Å². The molecule has 0 aliphatic rings. The lowest BCUT2D eigenvalue weighted by molar-refractivity contribution is 0.627. The highest BCUT2D eigenvalue weighted by atomic mass is 35.5. The van der Waals surface area contributed by atoms with Gasteiger partial charge in [0.25, 0.3) is 5.56 Å². The predicted molar refractivity (Wildman–Crippen MR) is 86.9 cm³/mol. The van der Waals surface area contributed by atoms with Crippen LogP contribution >= 0.6 is 23.2 Å². The average Bonchev–Trinajstić information content (AvgIpc) is 2.48. The number of hydrogen-bond acceptors (Lipinski definition) is 2. The topological polar surface area (TPSA) is 45.8 Å². The van der Waals surface area contributed by atoms with Crippen LogP contribution in [-0.4, -0.2) is 9.97 Å². The molecule has 22 heavy (non-hydrogen) atoms. The van der Waals surface area contributed by atoms with Gasteiger partial charge in [0.05, 0.1) is 21.1 Å². The quantitative estimate of drug-likeness (QED) is 0.753. The first-order valence-corrected chi connectivity index (χ1v) is 7.05. The fraction of sp³-hybridized carbons (Fsp3) is 0. The first kappa shape index (κ1) is 14.8. The van der Waals surface area contributed by atoms with Crippen LogP contribution in [0.5, 0.6) is 0 Å². The standard InChI is InChI=1S/C16H9Cl2FN2O/c1-8(9-3-2-4-10(19)5-9)15-16(22)21-14-7-12(18)11(17)6-13(14)20-15/h2-7H,1H2,(H,21,22). The van der Waals surface area contributed by atoms with E-state index in [1.807, 2.05) is 0 Å². The highest BCUT2D eigenvalue weighted by Crippen LogP contribution is 2.26. The van der Waals surface area contributed by atoms with Crippen molar-refractivity contribution in [2.24, 2.45) is 0 Å². The lowest BCUT2D eigenvalue weighted by Gasteiger charge is -2.07. The molecular formula is C16H9Cl2FN2O. The molecule has 110 valence electrons. The van der Waals surface area contributed by atoms with Gasteiger partial charge in [-0.25, -0.2) is 9.37 Å². The Kier molecular flexibility index (Phi) is 3.72. The first-order valence-electron chi connectivity index (χ1n) is 6.30. The van der Waals surface area contributed by atoms with E-state index in [0.29, 0.717) is 32.2 Å². The minimum absolute atomic E-state index is 0.108. The van der Waals surface area contributed by atoms with Gasteiger partial charge in [-0.2, -0.15) is 0 Å². The molecule has 1 heterocycles. The van der Waals surface area contributed by atoms with Crippen LogP contribution in [0.15, 0.2) is 47.8 Å². The second kappa shape index (κ2) is 5.55. The molecular weight excluding hydrogens is 326 g/mol. The molecule has 0 amide bonds. The van der Waals surface area contributed by atoms with E-state index in [4.69, 9.17) is 23.2 Å². The Morgan fingerprint density at radius 3 is 2.64 bits per heavy atom. The summed E-state index contributed by atoms with van der Waals surface area (Å²) in [5.74, 6) is -0.411. The highest BCUT2D eigenvalue weighted by molar-refractivity contribution is 6.42. The van der Waals surface area contributed by atoms with Gasteiger partial charge in [-0.05, 0) is 29.8 Å². The van der Waals surface area contributed by atoms with Gasteiger partial charge >= 0.3 is 0 Å². The SMILES string of the molecule is C=C(c1cccc(F)c1)c1nc2cc(Cl)c(Cl)cc2[nH]c1=O. The largest absolute Gasteiger partial charge is 0.319 e. The molecule has 3 rings (SSSR count). The maximum Gasteiger partial charge on any atom is 0.274 e. The second-order valence-electron chi connectivity index (χ2n) is 4.69. The smallest absolute Gasteiger partial charge is 0.274 e. The maximum atomic E-state index is 13.3. The average molecular weight is 335 g/mol. The van der Waals surface area contributed by atoms with Crippen LogP contribution < -0.4 is 5.56 Å². The van der Waals surface area contributed by atoms with E-state index in [9.17, 15) is 9.18 Å². The third-order valence-electron chi connectivity index (χ3n) is 3.19. The van der Waals surface area contributed by atoms with Crippen molar-refractivity contribution in [1.29, 1.82) is 0 Å². The molecule has 0 unspecified atom stereocenters. The minimum Gasteiger partial charge on any atom is -0.319 e. The van der Waals surface area contributed by atoms with Crippen molar-refractivity contribution >= 4 is 39.8 Å². The van der Waals surface area contributed by atoms with Gasteiger partial charge in [0.15, 0.2) is 0 Å². The molecule has 1 N–H and O–H groups in total. The molecule has 0 saturated carbocycles. The Morgan fingerprint density at radius 1 is 1.18 bits per heavy atom. The number of hydrogen-bond donors (Lipinski definition) is 1. The van der Waals surface area contributed by atoms with Gasteiger partial charge < -0.3 is 4.98 Å². The Bertz CT molecular complexity index is 966. The van der Waals surface area contributed by atoms with E-state index in [0.717, 1.165) is 0 Å². The molecule has 0 fully saturated rings. The summed E-state index contributed by atoms with van der Waals surface area (Å²) in [5, 5.41) is 0.652. The Morgan fingerprint density at radius 2 is 1.91 bits per heavy atom. The number of H-pyrrole nitrogens is 1. The van der Waals surface area contributed by atoms with Crippen molar-refractivity contribution in [1.82, 2.24) is 9.97 Å². The summed E-state index contributed by atoms with van der Waals surface area (Å²) < 4.78 is 13.3. The van der Waals surface area contributed by atoms with Crippen molar-refractivity contribution in [3.8, 4) is 0 Å². The molecule has 6 heteroatoms. The number of rotatable bonds is 2. The third-order valence-corrected chi connectivity index (χ3v) is 3.92. The molecule has 1 aromatic heterocycles. The lowest BCUT2D eigenvalue weighted by Crippen LogP contribution is -2.14. The molecule has 2 aromatic carbocycles. The molecule has 0 saturated heterocycles. The number of benzene rings is 2. The Balaban J connectivity index is 2.18. The van der Waals surface area contributed by atoms with Crippen LogP contribution in [0, 0.1) is 5.82 Å². The summed E-state index contributed by atoms with van der Waals surface area (Å²) in [6.07, 6.45) is 0. The van der Waals surface area contributed by atoms with Crippen LogP contribution in [0.4, 0.5) is 4.39 Å². The molecule has 0 radical (unpaired) electrons. The van der Waals surface area contributed by atoms with Crippen molar-refractivity contribution in [3.05, 3.63) is 80.5 Å². The number of nitrogens with one attached hydrogen (secondary N) is 1. The minimum atomic E-state index is -0.430. The molecule has 0 atom stereocenters. The summed E-state index contributed by atoms with van der Waals surface area (Å²) in [6.45, 7) is 3.84. The number of aromatic nitrogens is 2. The van der Waals surface area contributed by atoms with Crippen molar-refractivity contribution in [2.75, 3.05) is 0 Å². The zero-order valence-electron chi connectivity index (χ0n) is 11.2. The van der Waals surface area contributed by atoms with Crippen molar-refractivity contribution in [3.63, 3.8) is 0 Å². The lowest BCUT2D eigenvalue weighted by atomic mass is 10.0. The fourth-order valence-corrected chi connectivity index (χ4v) is 2.42. The van der Waals surface area contributed by atoms with E-state index in [-0.39, 0.29) is 5.69 Å². The maximum absolute atomic E-state index is 13.3. The normalized spacial score (nSPS) is 10.9. The van der Waals surface area contributed by atoms with Gasteiger partial charge in [0, 0.05) is 5.57 Å². The van der Waals surface area contributed by atoms with Gasteiger partial charge in [-0.15, -0.1) is 0 Å². The Hall–Kier alpha value is -2.17. The van der Waals surface area contributed by atoms with Crippen LogP contribution in [-0.2, 0) is 0 Å².